The zero-order valence-electron chi connectivity index (χ0n) is 16.9. The Kier molecular flexibility index (Phi) is 7.09. The van der Waals surface area contributed by atoms with Crippen LogP contribution >= 0.6 is 11.3 Å². The number of rotatable bonds is 7. The van der Waals surface area contributed by atoms with E-state index in [-0.39, 0.29) is 12.0 Å². The zero-order chi connectivity index (χ0) is 20.1. The predicted octanol–water partition coefficient (Wildman–Crippen LogP) is 2.29. The normalized spacial score (nSPS) is 21.8. The summed E-state index contributed by atoms with van der Waals surface area (Å²) in [7, 11) is 0. The molecule has 1 saturated heterocycles. The molecule has 1 atom stereocenters. The van der Waals surface area contributed by atoms with Crippen LogP contribution in [0.3, 0.4) is 0 Å². The monoisotopic (exact) mass is 406 g/mol. The number of nitrogens with one attached hydrogen (secondary N) is 1. The van der Waals surface area contributed by atoms with Gasteiger partial charge in [0.25, 0.3) is 0 Å². The molecule has 0 saturated carbocycles. The number of piperazine rings is 1. The highest BCUT2D eigenvalue weighted by Gasteiger charge is 2.38. The number of esters is 1. The second-order valence-electron chi connectivity index (χ2n) is 6.97. The number of ether oxygens (including phenoxy) is 1. The van der Waals surface area contributed by atoms with Crippen molar-refractivity contribution in [3.05, 3.63) is 33.7 Å². The lowest BCUT2D eigenvalue weighted by atomic mass is 9.96. The van der Waals surface area contributed by atoms with Crippen LogP contribution in [0.5, 0.6) is 0 Å². The van der Waals surface area contributed by atoms with E-state index in [0.29, 0.717) is 25.3 Å². The number of carbonyl (C=O) groups excluding carboxylic acids is 2. The Morgan fingerprint density at radius 1 is 1.18 bits per heavy atom. The van der Waals surface area contributed by atoms with Gasteiger partial charge in [-0.25, -0.2) is 9.59 Å². The van der Waals surface area contributed by atoms with Crippen LogP contribution in [0, 0.1) is 0 Å². The van der Waals surface area contributed by atoms with Gasteiger partial charge in [-0.05, 0) is 42.8 Å². The number of carbonyl (C=O) groups is 2. The molecule has 2 aliphatic rings. The minimum Gasteiger partial charge on any atom is -0.463 e. The lowest BCUT2D eigenvalue weighted by Gasteiger charge is -2.40. The molecule has 1 fully saturated rings. The zero-order valence-corrected chi connectivity index (χ0v) is 17.8. The van der Waals surface area contributed by atoms with E-state index in [1.54, 1.807) is 23.2 Å². The van der Waals surface area contributed by atoms with Crippen molar-refractivity contribution in [3.8, 4) is 0 Å². The van der Waals surface area contributed by atoms with Crippen LogP contribution in [0.4, 0.5) is 4.79 Å². The largest absolute Gasteiger partial charge is 0.463 e. The molecule has 1 N–H and O–H groups in total. The molecule has 2 amide bonds. The number of urea groups is 1. The fourth-order valence-electron chi connectivity index (χ4n) is 3.82. The van der Waals surface area contributed by atoms with Gasteiger partial charge >= 0.3 is 12.0 Å². The first-order valence-corrected chi connectivity index (χ1v) is 11.0. The lowest BCUT2D eigenvalue weighted by Crippen LogP contribution is -2.53. The van der Waals surface area contributed by atoms with E-state index in [4.69, 9.17) is 4.74 Å². The molecule has 0 aromatic carbocycles. The van der Waals surface area contributed by atoms with Crippen LogP contribution < -0.4 is 5.32 Å². The Morgan fingerprint density at radius 2 is 1.89 bits per heavy atom. The van der Waals surface area contributed by atoms with Crippen LogP contribution in [0.15, 0.2) is 28.1 Å². The summed E-state index contributed by atoms with van der Waals surface area (Å²) >= 11 is 1.55. The maximum atomic E-state index is 12.9. The van der Waals surface area contributed by atoms with Crippen molar-refractivity contribution < 1.29 is 14.3 Å². The number of amides is 2. The molecule has 1 aromatic heterocycles. The first-order valence-electron chi connectivity index (χ1n) is 10.0. The van der Waals surface area contributed by atoms with Crippen molar-refractivity contribution in [2.75, 3.05) is 52.4 Å². The number of hydrogen-bond acceptors (Lipinski definition) is 6. The molecule has 0 bridgehead atoms. The topological polar surface area (TPSA) is 65.1 Å². The first kappa shape index (κ1) is 20.8. The van der Waals surface area contributed by atoms with E-state index < -0.39 is 6.04 Å². The average molecular weight is 407 g/mol. The Bertz CT molecular complexity index is 711. The molecule has 3 heterocycles. The minimum absolute atomic E-state index is 0.158. The van der Waals surface area contributed by atoms with Gasteiger partial charge in [0.1, 0.15) is 0 Å². The number of nitrogens with zero attached hydrogens (tertiary/aromatic N) is 3. The summed E-state index contributed by atoms with van der Waals surface area (Å²) in [6.45, 7) is 12.2. The summed E-state index contributed by atoms with van der Waals surface area (Å²) in [6, 6.07) is 1.33. The fraction of sp³-hybridized carbons (Fsp3) is 0.600. The summed E-state index contributed by atoms with van der Waals surface area (Å²) in [5.41, 5.74) is 2.25. The summed E-state index contributed by atoms with van der Waals surface area (Å²) in [4.78, 5) is 32.2. The molecule has 7 nitrogen and oxygen atoms in total. The highest BCUT2D eigenvalue weighted by atomic mass is 32.1. The summed E-state index contributed by atoms with van der Waals surface area (Å²) in [6.07, 6.45) is 0. The Labute approximate surface area is 170 Å². The van der Waals surface area contributed by atoms with E-state index in [0.717, 1.165) is 44.0 Å². The van der Waals surface area contributed by atoms with Crippen molar-refractivity contribution >= 4 is 23.3 Å². The molecule has 1 unspecified atom stereocenters. The third kappa shape index (κ3) is 4.39. The molecule has 0 radical (unpaired) electrons. The van der Waals surface area contributed by atoms with E-state index in [2.05, 4.69) is 22.0 Å². The SMILES string of the molecule is CCOC(=O)C1=C(CN2CCN(CC)CC2)N(CC)C(=O)NC1c1ccsc1. The van der Waals surface area contributed by atoms with Gasteiger partial charge in [0, 0.05) is 45.0 Å². The molecule has 0 aliphatic carbocycles. The molecule has 154 valence electrons. The second-order valence-corrected chi connectivity index (χ2v) is 7.75. The number of likely N-dealkylation sites (N-methyl/N-ethyl adjacent to an activating group) is 2. The fourth-order valence-corrected chi connectivity index (χ4v) is 4.51. The highest BCUT2D eigenvalue weighted by Crippen LogP contribution is 2.33. The minimum atomic E-state index is -0.465. The predicted molar refractivity (Wildman–Crippen MR) is 110 cm³/mol. The third-order valence-corrected chi connectivity index (χ3v) is 6.11. The number of thiophene rings is 1. The van der Waals surface area contributed by atoms with Crippen molar-refractivity contribution in [3.63, 3.8) is 0 Å². The van der Waals surface area contributed by atoms with Gasteiger partial charge in [-0.15, -0.1) is 0 Å². The summed E-state index contributed by atoms with van der Waals surface area (Å²) in [5.74, 6) is -0.348. The second kappa shape index (κ2) is 9.54. The maximum absolute atomic E-state index is 12.9. The molecule has 0 spiro atoms. The number of hydrogen-bond donors (Lipinski definition) is 1. The van der Waals surface area contributed by atoms with Crippen LogP contribution in [0.2, 0.25) is 0 Å². The van der Waals surface area contributed by atoms with Gasteiger partial charge in [0.2, 0.25) is 0 Å². The Balaban J connectivity index is 1.96. The molecule has 1 aromatic rings. The van der Waals surface area contributed by atoms with Gasteiger partial charge < -0.3 is 15.0 Å². The average Bonchev–Trinajstić information content (AvgIpc) is 3.23. The van der Waals surface area contributed by atoms with Gasteiger partial charge in [0.15, 0.2) is 0 Å². The quantitative estimate of drug-likeness (QED) is 0.704. The molecule has 2 aliphatic heterocycles. The van der Waals surface area contributed by atoms with Gasteiger partial charge in [-0.1, -0.05) is 6.92 Å². The van der Waals surface area contributed by atoms with Crippen molar-refractivity contribution in [2.24, 2.45) is 0 Å². The lowest BCUT2D eigenvalue weighted by molar-refractivity contribution is -0.139. The van der Waals surface area contributed by atoms with Gasteiger partial charge in [-0.3, -0.25) is 9.80 Å². The summed E-state index contributed by atoms with van der Waals surface area (Å²) in [5, 5.41) is 6.93. The van der Waals surface area contributed by atoms with Crippen LogP contribution in [0.1, 0.15) is 32.4 Å². The Morgan fingerprint density at radius 3 is 2.46 bits per heavy atom. The molecular weight excluding hydrogens is 376 g/mol. The van der Waals surface area contributed by atoms with E-state index in [1.807, 2.05) is 23.8 Å². The smallest absolute Gasteiger partial charge is 0.338 e. The van der Waals surface area contributed by atoms with Crippen LogP contribution in [-0.4, -0.2) is 79.1 Å². The van der Waals surface area contributed by atoms with Crippen LogP contribution in [0.25, 0.3) is 0 Å². The molecule has 3 rings (SSSR count). The van der Waals surface area contributed by atoms with Gasteiger partial charge in [-0.2, -0.15) is 11.3 Å². The van der Waals surface area contributed by atoms with Crippen molar-refractivity contribution in [1.29, 1.82) is 0 Å². The standard InChI is InChI=1S/C20H30N4O3S/c1-4-22-8-10-23(11-9-22)13-16-17(19(25)27-6-3)18(15-7-12-28-14-15)21-20(26)24(16)5-2/h7,12,14,18H,4-6,8-11,13H2,1-3H3,(H,21,26). The van der Waals surface area contributed by atoms with E-state index in [9.17, 15) is 9.59 Å². The highest BCUT2D eigenvalue weighted by molar-refractivity contribution is 7.08. The van der Waals surface area contributed by atoms with Crippen molar-refractivity contribution in [1.82, 2.24) is 20.0 Å². The first-order chi connectivity index (χ1) is 13.6. The van der Waals surface area contributed by atoms with Crippen LogP contribution in [-0.2, 0) is 9.53 Å². The maximum Gasteiger partial charge on any atom is 0.338 e. The molecule has 28 heavy (non-hydrogen) atoms. The van der Waals surface area contributed by atoms with Crippen molar-refractivity contribution in [2.45, 2.75) is 26.8 Å². The summed E-state index contributed by atoms with van der Waals surface area (Å²) < 4.78 is 5.39. The molecule has 8 heteroatoms. The van der Waals surface area contributed by atoms with E-state index in [1.165, 1.54) is 0 Å². The third-order valence-electron chi connectivity index (χ3n) is 5.41. The van der Waals surface area contributed by atoms with Gasteiger partial charge in [0.05, 0.1) is 18.2 Å². The molecular formula is C20H30N4O3S. The Hall–Kier alpha value is -1.90. The van der Waals surface area contributed by atoms with E-state index >= 15 is 0 Å².